The predicted molar refractivity (Wildman–Crippen MR) is 85.7 cm³/mol. The van der Waals surface area contributed by atoms with Crippen molar-refractivity contribution < 1.29 is 17.9 Å². The van der Waals surface area contributed by atoms with E-state index in [4.69, 9.17) is 9.88 Å². The number of amides is 1. The van der Waals surface area contributed by atoms with Crippen LogP contribution in [0.4, 0.5) is 0 Å². The summed E-state index contributed by atoms with van der Waals surface area (Å²) in [4.78, 5) is 12.2. The Morgan fingerprint density at radius 3 is 2.52 bits per heavy atom. The SMILES string of the molecule is COc1ccc(S(N)(=O)=O)cc1C(=O)NCc1ccc(C)n1C. The lowest BCUT2D eigenvalue weighted by atomic mass is 10.2. The molecule has 7 nitrogen and oxygen atoms in total. The van der Waals surface area contributed by atoms with Crippen LogP contribution in [0.15, 0.2) is 35.2 Å². The molecule has 0 unspecified atom stereocenters. The van der Waals surface area contributed by atoms with Crippen molar-refractivity contribution in [3.8, 4) is 5.75 Å². The number of benzene rings is 1. The zero-order chi connectivity index (χ0) is 17.2. The van der Waals surface area contributed by atoms with E-state index in [1.54, 1.807) is 0 Å². The van der Waals surface area contributed by atoms with Gasteiger partial charge in [-0.05, 0) is 37.3 Å². The maximum Gasteiger partial charge on any atom is 0.255 e. The molecule has 2 rings (SSSR count). The largest absolute Gasteiger partial charge is 0.496 e. The second-order valence-electron chi connectivity index (χ2n) is 5.11. The molecule has 1 amide bonds. The molecule has 23 heavy (non-hydrogen) atoms. The number of sulfonamides is 1. The third-order valence-electron chi connectivity index (χ3n) is 3.65. The number of hydrogen-bond acceptors (Lipinski definition) is 4. The van der Waals surface area contributed by atoms with E-state index in [1.165, 1.54) is 25.3 Å². The summed E-state index contributed by atoms with van der Waals surface area (Å²) >= 11 is 0. The minimum Gasteiger partial charge on any atom is -0.496 e. The molecule has 3 N–H and O–H groups in total. The van der Waals surface area contributed by atoms with Crippen LogP contribution in [-0.2, 0) is 23.6 Å². The second-order valence-corrected chi connectivity index (χ2v) is 6.68. The standard InChI is InChI=1S/C15H19N3O4S/c1-10-4-5-11(18(10)2)9-17-15(19)13-8-12(23(16,20)21)6-7-14(13)22-3/h4-8H,9H2,1-3H3,(H,17,19)(H2,16,20,21). The monoisotopic (exact) mass is 337 g/mol. The Balaban J connectivity index is 2.25. The minimum absolute atomic E-state index is 0.116. The molecular weight excluding hydrogens is 318 g/mol. The molecule has 0 aliphatic heterocycles. The first-order valence-corrected chi connectivity index (χ1v) is 8.39. The molecule has 2 aromatic rings. The first-order valence-electron chi connectivity index (χ1n) is 6.84. The number of methoxy groups -OCH3 is 1. The molecule has 0 atom stereocenters. The lowest BCUT2D eigenvalue weighted by Crippen LogP contribution is -2.25. The number of rotatable bonds is 5. The van der Waals surface area contributed by atoms with E-state index >= 15 is 0 Å². The van der Waals surface area contributed by atoms with Crippen LogP contribution in [-0.4, -0.2) is 26.0 Å². The van der Waals surface area contributed by atoms with Crippen LogP contribution in [0.25, 0.3) is 0 Å². The number of primary sulfonamides is 1. The fourth-order valence-corrected chi connectivity index (χ4v) is 2.69. The van der Waals surface area contributed by atoms with Gasteiger partial charge in [0.15, 0.2) is 0 Å². The van der Waals surface area contributed by atoms with Crippen molar-refractivity contribution >= 4 is 15.9 Å². The molecule has 0 saturated carbocycles. The van der Waals surface area contributed by atoms with Crippen LogP contribution >= 0.6 is 0 Å². The van der Waals surface area contributed by atoms with E-state index < -0.39 is 15.9 Å². The average molecular weight is 337 g/mol. The van der Waals surface area contributed by atoms with Gasteiger partial charge >= 0.3 is 0 Å². The summed E-state index contributed by atoms with van der Waals surface area (Å²) in [5.74, 6) is -0.163. The normalized spacial score (nSPS) is 11.3. The molecule has 0 spiro atoms. The quantitative estimate of drug-likeness (QED) is 0.846. The number of carbonyl (C=O) groups is 1. The molecule has 1 aromatic heterocycles. The molecule has 1 aromatic carbocycles. The van der Waals surface area contributed by atoms with Crippen LogP contribution in [0.2, 0.25) is 0 Å². The van der Waals surface area contributed by atoms with Crippen molar-refractivity contribution in [1.29, 1.82) is 0 Å². The number of hydrogen-bond donors (Lipinski definition) is 2. The molecule has 0 radical (unpaired) electrons. The Bertz CT molecular complexity index is 840. The Labute approximate surface area is 135 Å². The Kier molecular flexibility index (Phi) is 4.76. The smallest absolute Gasteiger partial charge is 0.255 e. The molecule has 0 aliphatic rings. The van der Waals surface area contributed by atoms with Crippen molar-refractivity contribution in [3.63, 3.8) is 0 Å². The van der Waals surface area contributed by atoms with E-state index in [0.29, 0.717) is 6.54 Å². The van der Waals surface area contributed by atoms with Gasteiger partial charge in [-0.25, -0.2) is 13.6 Å². The van der Waals surface area contributed by atoms with Crippen molar-refractivity contribution in [2.45, 2.75) is 18.4 Å². The van der Waals surface area contributed by atoms with Crippen molar-refractivity contribution in [3.05, 3.63) is 47.3 Å². The van der Waals surface area contributed by atoms with Gasteiger partial charge in [0.05, 0.1) is 24.1 Å². The van der Waals surface area contributed by atoms with Gasteiger partial charge in [0.2, 0.25) is 10.0 Å². The Hall–Kier alpha value is -2.32. The summed E-state index contributed by atoms with van der Waals surface area (Å²) < 4.78 is 29.9. The van der Waals surface area contributed by atoms with E-state index in [-0.39, 0.29) is 16.2 Å². The van der Waals surface area contributed by atoms with Gasteiger partial charge in [-0.1, -0.05) is 0 Å². The highest BCUT2D eigenvalue weighted by atomic mass is 32.2. The Morgan fingerprint density at radius 1 is 1.30 bits per heavy atom. The molecule has 8 heteroatoms. The summed E-state index contributed by atoms with van der Waals surface area (Å²) in [6.45, 7) is 2.27. The number of carbonyl (C=O) groups excluding carboxylic acids is 1. The summed E-state index contributed by atoms with van der Waals surface area (Å²) in [7, 11) is -0.586. The van der Waals surface area contributed by atoms with Crippen LogP contribution in [0.1, 0.15) is 21.7 Å². The maximum absolute atomic E-state index is 12.4. The molecule has 0 aliphatic carbocycles. The topological polar surface area (TPSA) is 103 Å². The van der Waals surface area contributed by atoms with E-state index in [1.807, 2.05) is 30.7 Å². The van der Waals surface area contributed by atoms with Crippen LogP contribution in [0, 0.1) is 6.92 Å². The zero-order valence-corrected chi connectivity index (χ0v) is 14.0. The van der Waals surface area contributed by atoms with Gasteiger partial charge < -0.3 is 14.6 Å². The first kappa shape index (κ1) is 17.0. The molecule has 0 fully saturated rings. The van der Waals surface area contributed by atoms with Gasteiger partial charge in [0.25, 0.3) is 5.91 Å². The van der Waals surface area contributed by atoms with Crippen LogP contribution < -0.4 is 15.2 Å². The molecular formula is C15H19N3O4S. The maximum atomic E-state index is 12.4. The van der Waals surface area contributed by atoms with Crippen molar-refractivity contribution in [2.24, 2.45) is 12.2 Å². The summed E-state index contributed by atoms with van der Waals surface area (Å²) in [5.41, 5.74) is 2.12. The lowest BCUT2D eigenvalue weighted by molar-refractivity contribution is 0.0947. The summed E-state index contributed by atoms with van der Waals surface area (Å²) in [5, 5.41) is 7.85. The minimum atomic E-state index is -3.89. The van der Waals surface area contributed by atoms with Crippen molar-refractivity contribution in [2.75, 3.05) is 7.11 Å². The van der Waals surface area contributed by atoms with Crippen LogP contribution in [0.5, 0.6) is 5.75 Å². The summed E-state index contributed by atoms with van der Waals surface area (Å²) in [6.07, 6.45) is 0. The first-order chi connectivity index (χ1) is 10.7. The van der Waals surface area contributed by atoms with E-state index in [0.717, 1.165) is 11.4 Å². The van der Waals surface area contributed by atoms with E-state index in [9.17, 15) is 13.2 Å². The fraction of sp³-hybridized carbons (Fsp3) is 0.267. The number of nitrogens with zero attached hydrogens (tertiary/aromatic N) is 1. The predicted octanol–water partition coefficient (Wildman–Crippen LogP) is 0.920. The number of aromatic nitrogens is 1. The molecule has 0 saturated heterocycles. The van der Waals surface area contributed by atoms with Gasteiger partial charge in [-0.2, -0.15) is 0 Å². The third-order valence-corrected chi connectivity index (χ3v) is 4.56. The molecule has 124 valence electrons. The van der Waals surface area contributed by atoms with E-state index in [2.05, 4.69) is 5.32 Å². The molecule has 0 bridgehead atoms. The fourth-order valence-electron chi connectivity index (χ4n) is 2.15. The van der Waals surface area contributed by atoms with Gasteiger partial charge in [-0.3, -0.25) is 4.79 Å². The second kappa shape index (κ2) is 6.43. The number of nitrogens with one attached hydrogen (secondary N) is 1. The van der Waals surface area contributed by atoms with Crippen LogP contribution in [0.3, 0.4) is 0 Å². The average Bonchev–Trinajstić information content (AvgIpc) is 2.82. The highest BCUT2D eigenvalue weighted by Gasteiger charge is 2.17. The third kappa shape index (κ3) is 3.72. The lowest BCUT2D eigenvalue weighted by Gasteiger charge is -2.11. The number of aryl methyl sites for hydroxylation is 1. The molecule has 1 heterocycles. The number of ether oxygens (including phenoxy) is 1. The highest BCUT2D eigenvalue weighted by Crippen LogP contribution is 2.22. The van der Waals surface area contributed by atoms with Gasteiger partial charge in [-0.15, -0.1) is 0 Å². The van der Waals surface area contributed by atoms with Gasteiger partial charge in [0, 0.05) is 18.4 Å². The van der Waals surface area contributed by atoms with Gasteiger partial charge in [0.1, 0.15) is 5.75 Å². The van der Waals surface area contributed by atoms with Crippen molar-refractivity contribution in [1.82, 2.24) is 9.88 Å². The zero-order valence-electron chi connectivity index (χ0n) is 13.2. The Morgan fingerprint density at radius 2 is 2.00 bits per heavy atom. The number of nitrogens with two attached hydrogens (primary N) is 1. The highest BCUT2D eigenvalue weighted by molar-refractivity contribution is 7.89. The summed E-state index contributed by atoms with van der Waals surface area (Å²) in [6, 6.07) is 7.77.